The van der Waals surface area contributed by atoms with Gasteiger partial charge in [-0.1, -0.05) is 60.2 Å². The van der Waals surface area contributed by atoms with Gasteiger partial charge in [0.15, 0.2) is 5.60 Å². The molecule has 0 radical (unpaired) electrons. The van der Waals surface area contributed by atoms with Crippen molar-refractivity contribution in [2.24, 2.45) is 0 Å². The molecule has 0 aromatic heterocycles. The van der Waals surface area contributed by atoms with Gasteiger partial charge in [-0.05, 0) is 25.5 Å². The Balaban J connectivity index is 2.17. The maximum absolute atomic E-state index is 12.0. The summed E-state index contributed by atoms with van der Waals surface area (Å²) in [5, 5.41) is 0. The highest BCUT2D eigenvalue weighted by molar-refractivity contribution is 5.86. The van der Waals surface area contributed by atoms with Gasteiger partial charge in [-0.2, -0.15) is 0 Å². The first-order chi connectivity index (χ1) is 11.5. The summed E-state index contributed by atoms with van der Waals surface area (Å²) in [5.74, 6) is -0.576. The van der Waals surface area contributed by atoms with Crippen molar-refractivity contribution in [2.45, 2.75) is 31.8 Å². The first kappa shape index (κ1) is 16.2. The molecule has 0 spiro atoms. The number of esters is 1. The zero-order valence-corrected chi connectivity index (χ0v) is 13.9. The normalized spacial score (nSPS) is 20.7. The number of aryl methyl sites for hydroxylation is 1. The topological polar surface area (TPSA) is 43.4 Å². The maximum atomic E-state index is 12.0. The second kappa shape index (κ2) is 6.44. The van der Waals surface area contributed by atoms with E-state index in [1.165, 1.54) is 6.08 Å². The van der Waals surface area contributed by atoms with E-state index in [0.29, 0.717) is 6.42 Å². The van der Waals surface area contributed by atoms with E-state index < -0.39 is 5.60 Å². The molecule has 1 aliphatic rings. The number of hydrogen-bond donors (Lipinski definition) is 0. The van der Waals surface area contributed by atoms with Crippen LogP contribution < -0.4 is 0 Å². The number of ether oxygens (including phenoxy) is 1. The second-order valence-corrected chi connectivity index (χ2v) is 6.29. The highest BCUT2D eigenvalue weighted by atomic mass is 16.6. The van der Waals surface area contributed by atoms with Crippen molar-refractivity contribution in [1.82, 2.24) is 0 Å². The van der Waals surface area contributed by atoms with E-state index in [1.807, 2.05) is 55.5 Å². The van der Waals surface area contributed by atoms with Gasteiger partial charge in [0.05, 0.1) is 0 Å². The number of benzene rings is 2. The van der Waals surface area contributed by atoms with E-state index in [2.05, 4.69) is 6.07 Å². The summed E-state index contributed by atoms with van der Waals surface area (Å²) in [7, 11) is 0. The Labute approximate surface area is 142 Å². The Bertz CT molecular complexity index is 792. The molecule has 0 saturated heterocycles. The third kappa shape index (κ3) is 3.02. The zero-order valence-electron chi connectivity index (χ0n) is 13.9. The van der Waals surface area contributed by atoms with Gasteiger partial charge in [0, 0.05) is 24.0 Å². The van der Waals surface area contributed by atoms with E-state index >= 15 is 0 Å². The summed E-state index contributed by atoms with van der Waals surface area (Å²) in [6.45, 7) is 3.59. The van der Waals surface area contributed by atoms with Crippen molar-refractivity contribution < 1.29 is 14.3 Å². The minimum Gasteiger partial charge on any atom is -0.446 e. The van der Waals surface area contributed by atoms with Gasteiger partial charge < -0.3 is 9.53 Å². The lowest BCUT2D eigenvalue weighted by molar-refractivity contribution is -0.149. The van der Waals surface area contributed by atoms with E-state index in [1.54, 1.807) is 13.0 Å². The number of cyclic esters (lactones) is 1. The summed E-state index contributed by atoms with van der Waals surface area (Å²) in [4.78, 5) is 23.9. The minimum absolute atomic E-state index is 0.0631. The SMILES string of the molecule is CC(=O)C[C@H](c1cccc(C)c1)[C@]1(c2ccccc2)C=CC(=O)O1. The van der Waals surface area contributed by atoms with Gasteiger partial charge in [0.1, 0.15) is 5.78 Å². The van der Waals surface area contributed by atoms with E-state index in [9.17, 15) is 9.59 Å². The molecule has 0 unspecified atom stereocenters. The van der Waals surface area contributed by atoms with E-state index in [0.717, 1.165) is 16.7 Å². The predicted molar refractivity (Wildman–Crippen MR) is 92.6 cm³/mol. The number of hydrogen-bond acceptors (Lipinski definition) is 3. The van der Waals surface area contributed by atoms with Gasteiger partial charge in [-0.3, -0.25) is 0 Å². The fraction of sp³-hybridized carbons (Fsp3) is 0.238. The maximum Gasteiger partial charge on any atom is 0.331 e. The molecule has 0 fully saturated rings. The Morgan fingerprint density at radius 3 is 2.46 bits per heavy atom. The van der Waals surface area contributed by atoms with Crippen LogP contribution in [0.2, 0.25) is 0 Å². The highest BCUT2D eigenvalue weighted by Crippen LogP contribution is 2.46. The molecule has 0 saturated carbocycles. The average Bonchev–Trinajstić information content (AvgIpc) is 2.96. The van der Waals surface area contributed by atoms with Gasteiger partial charge in [0.2, 0.25) is 0 Å². The van der Waals surface area contributed by atoms with Crippen molar-refractivity contribution in [3.63, 3.8) is 0 Å². The average molecular weight is 320 g/mol. The zero-order chi connectivity index (χ0) is 17.2. The van der Waals surface area contributed by atoms with Gasteiger partial charge in [0.25, 0.3) is 0 Å². The summed E-state index contributed by atoms with van der Waals surface area (Å²) in [5.41, 5.74) is 2.03. The summed E-state index contributed by atoms with van der Waals surface area (Å²) < 4.78 is 5.79. The highest BCUT2D eigenvalue weighted by Gasteiger charge is 2.46. The molecule has 3 heteroatoms. The quantitative estimate of drug-likeness (QED) is 0.780. The first-order valence-corrected chi connectivity index (χ1v) is 8.05. The van der Waals surface area contributed by atoms with Crippen LogP contribution in [0.4, 0.5) is 0 Å². The fourth-order valence-corrected chi connectivity index (χ4v) is 3.36. The standard InChI is InChI=1S/C21H20O3/c1-15-7-6-8-17(13-15)19(14-16(2)22)21(12-11-20(23)24-21)18-9-4-3-5-10-18/h3-13,19H,14H2,1-2H3/t19-,21-/m1/s1. The molecule has 1 aliphatic heterocycles. The molecular formula is C21H20O3. The third-order valence-electron chi connectivity index (χ3n) is 4.42. The predicted octanol–water partition coefficient (Wildman–Crippen LogP) is 4.07. The number of rotatable bonds is 5. The minimum atomic E-state index is -0.947. The first-order valence-electron chi connectivity index (χ1n) is 8.05. The van der Waals surface area contributed by atoms with Crippen LogP contribution in [0.5, 0.6) is 0 Å². The van der Waals surface area contributed by atoms with Crippen LogP contribution in [0.15, 0.2) is 66.7 Å². The van der Waals surface area contributed by atoms with Crippen molar-refractivity contribution in [2.75, 3.05) is 0 Å². The molecule has 0 bridgehead atoms. The van der Waals surface area contributed by atoms with Crippen molar-refractivity contribution in [3.8, 4) is 0 Å². The smallest absolute Gasteiger partial charge is 0.331 e. The Hall–Kier alpha value is -2.68. The molecule has 2 aromatic carbocycles. The number of carbonyl (C=O) groups excluding carboxylic acids is 2. The number of Topliss-reactive ketones (excluding diaryl/α,β-unsaturated/α-hetero) is 1. The van der Waals surface area contributed by atoms with Gasteiger partial charge in [-0.25, -0.2) is 4.79 Å². The molecule has 0 N–H and O–H groups in total. The molecular weight excluding hydrogens is 300 g/mol. The summed E-state index contributed by atoms with van der Waals surface area (Å²) in [6.07, 6.45) is 3.55. The molecule has 3 nitrogen and oxygen atoms in total. The van der Waals surface area contributed by atoms with Crippen LogP contribution in [-0.4, -0.2) is 11.8 Å². The molecule has 2 aromatic rings. The lowest BCUT2D eigenvalue weighted by atomic mass is 9.74. The molecule has 122 valence electrons. The van der Waals surface area contributed by atoms with E-state index in [4.69, 9.17) is 4.74 Å². The molecule has 0 aliphatic carbocycles. The Kier molecular flexibility index (Phi) is 4.34. The Morgan fingerprint density at radius 1 is 1.12 bits per heavy atom. The molecule has 3 rings (SSSR count). The lowest BCUT2D eigenvalue weighted by Gasteiger charge is -2.35. The second-order valence-electron chi connectivity index (χ2n) is 6.29. The van der Waals surface area contributed by atoms with E-state index in [-0.39, 0.29) is 17.7 Å². The fourth-order valence-electron chi connectivity index (χ4n) is 3.36. The number of ketones is 1. The van der Waals surface area contributed by atoms with Crippen molar-refractivity contribution >= 4 is 11.8 Å². The number of carbonyl (C=O) groups is 2. The monoisotopic (exact) mass is 320 g/mol. The lowest BCUT2D eigenvalue weighted by Crippen LogP contribution is -2.34. The molecule has 0 amide bonds. The third-order valence-corrected chi connectivity index (χ3v) is 4.42. The van der Waals surface area contributed by atoms with Gasteiger partial charge >= 0.3 is 5.97 Å². The van der Waals surface area contributed by atoms with Crippen molar-refractivity contribution in [1.29, 1.82) is 0 Å². The molecule has 2 atom stereocenters. The summed E-state index contributed by atoms with van der Waals surface area (Å²) in [6, 6.07) is 17.7. The van der Waals surface area contributed by atoms with Crippen LogP contribution in [0.1, 0.15) is 36.0 Å². The van der Waals surface area contributed by atoms with Crippen LogP contribution in [-0.2, 0) is 19.9 Å². The molecule has 1 heterocycles. The molecule has 24 heavy (non-hydrogen) atoms. The Morgan fingerprint density at radius 2 is 1.88 bits per heavy atom. The van der Waals surface area contributed by atoms with Crippen LogP contribution in [0.25, 0.3) is 0 Å². The van der Waals surface area contributed by atoms with Gasteiger partial charge in [-0.15, -0.1) is 0 Å². The van der Waals surface area contributed by atoms with Crippen LogP contribution in [0.3, 0.4) is 0 Å². The largest absolute Gasteiger partial charge is 0.446 e. The summed E-state index contributed by atoms with van der Waals surface area (Å²) >= 11 is 0. The van der Waals surface area contributed by atoms with Crippen molar-refractivity contribution in [3.05, 3.63) is 83.4 Å². The van der Waals surface area contributed by atoms with Crippen LogP contribution in [0, 0.1) is 6.92 Å². The van der Waals surface area contributed by atoms with Crippen LogP contribution >= 0.6 is 0 Å².